The van der Waals surface area contributed by atoms with Gasteiger partial charge in [0.25, 0.3) is 0 Å². The second-order valence-corrected chi connectivity index (χ2v) is 22.1. The van der Waals surface area contributed by atoms with Crippen molar-refractivity contribution >= 4 is 64.6 Å². The first-order valence-corrected chi connectivity index (χ1v) is 26.1. The maximum atomic E-state index is 6.00. The molecular formula is C34H49Cl2FeNOP3Ru+. The predicted molar refractivity (Wildman–Crippen MR) is 201 cm³/mol. The number of hydrogen-bond donors (Lipinski definition) is 0. The van der Waals surface area contributed by atoms with Crippen molar-refractivity contribution in [2.24, 2.45) is 10.9 Å². The van der Waals surface area contributed by atoms with E-state index in [1.807, 2.05) is 30.3 Å². The number of rotatable bonds is 4. The normalized spacial score (nSPS) is 14.7. The van der Waals surface area contributed by atoms with E-state index in [0.29, 0.717) is 12.5 Å². The SMILES string of the molecule is CC(C)C1COC(C2=CC=CC2=[PH](c2ccccc2)c2ccccc2)=N1.C[PH+](C)C.C[PH+](C)C.[Cl][Ru][Cl].[Fe].c1cc[cH-]c1. The van der Waals surface area contributed by atoms with Gasteiger partial charge in [-0.3, -0.25) is 0 Å². The standard InChI is InChI=1S/C23H24NOP.C5H5.2C3H9P.2ClH.Fe.Ru/c1-17(2)21-16-25-23(24-21)20-14-9-15-22(20)26(18-10-5-3-6-11-18)19-12-7-4-8-13-19;1-2-4-5-3-1;2*1-4(2)3;;;;/h3-15,17,21,26H,16H2,1-2H3;1-5H;2*1-3H3;2*1H;;/q;-1;;;;;;+2. The molecule has 2 aliphatic rings. The molecular weight excluding hydrogens is 759 g/mol. The van der Waals surface area contributed by atoms with Gasteiger partial charge in [0.2, 0.25) is 5.90 Å². The summed E-state index contributed by atoms with van der Waals surface area (Å²) in [6.07, 6.45) is 6.54. The molecule has 0 saturated carbocycles. The fourth-order valence-corrected chi connectivity index (χ4v) is 6.44. The van der Waals surface area contributed by atoms with Gasteiger partial charge in [-0.1, -0.05) is 94.2 Å². The van der Waals surface area contributed by atoms with Gasteiger partial charge < -0.3 is 4.74 Å². The van der Waals surface area contributed by atoms with E-state index in [0.717, 1.165) is 11.5 Å². The quantitative estimate of drug-likeness (QED) is 0.147. The summed E-state index contributed by atoms with van der Waals surface area (Å²) in [7, 11) is 8.85. The van der Waals surface area contributed by atoms with E-state index in [1.165, 1.54) is 15.9 Å². The van der Waals surface area contributed by atoms with Crippen LogP contribution in [0.25, 0.3) is 0 Å². The largest absolute Gasteiger partial charge is 0.214 e. The van der Waals surface area contributed by atoms with Crippen molar-refractivity contribution in [3.63, 3.8) is 0 Å². The van der Waals surface area contributed by atoms with Crippen LogP contribution in [0.1, 0.15) is 13.8 Å². The zero-order chi connectivity index (χ0) is 31.3. The topological polar surface area (TPSA) is 21.6 Å². The molecule has 3 aromatic rings. The van der Waals surface area contributed by atoms with E-state index in [1.54, 1.807) is 0 Å². The minimum atomic E-state index is -1.10. The Balaban J connectivity index is 0.000000857. The molecule has 9 heteroatoms. The molecule has 2 nitrogen and oxygen atoms in total. The molecule has 1 heterocycles. The van der Waals surface area contributed by atoms with Crippen LogP contribution >= 0.6 is 42.8 Å². The van der Waals surface area contributed by atoms with Crippen molar-refractivity contribution in [2.45, 2.75) is 19.9 Å². The first-order valence-electron chi connectivity index (χ1n) is 14.1. The minimum absolute atomic E-state index is 0. The summed E-state index contributed by atoms with van der Waals surface area (Å²) in [6.45, 7) is 18.7. The van der Waals surface area contributed by atoms with Gasteiger partial charge in [0.05, 0.1) is 6.04 Å². The van der Waals surface area contributed by atoms with Gasteiger partial charge in [-0.05, 0) is 43.7 Å². The molecule has 5 rings (SSSR count). The zero-order valence-electron chi connectivity index (χ0n) is 26.6. The van der Waals surface area contributed by atoms with Gasteiger partial charge in [-0.15, -0.1) is 0 Å². The van der Waals surface area contributed by atoms with Crippen molar-refractivity contribution in [3.8, 4) is 0 Å². The monoisotopic (exact) mass is 808 g/mol. The van der Waals surface area contributed by atoms with Crippen molar-refractivity contribution in [1.29, 1.82) is 0 Å². The van der Waals surface area contributed by atoms with Crippen LogP contribution in [-0.4, -0.2) is 63.8 Å². The summed E-state index contributed by atoms with van der Waals surface area (Å²) >= 11 is -0.346. The molecule has 0 bridgehead atoms. The van der Waals surface area contributed by atoms with Gasteiger partial charge >= 0.3 is 34.5 Å². The number of aliphatic imine (C=N–C) groups is 1. The Hall–Kier alpha value is -0.377. The van der Waals surface area contributed by atoms with Crippen LogP contribution in [0.15, 0.2) is 120 Å². The number of nitrogens with zero attached hydrogens (tertiary/aromatic N) is 1. The van der Waals surface area contributed by atoms with E-state index < -0.39 is 7.55 Å². The van der Waals surface area contributed by atoms with Crippen LogP contribution in [-0.2, 0) is 37.0 Å². The zero-order valence-corrected chi connectivity index (χ0v) is 33.9. The summed E-state index contributed by atoms with van der Waals surface area (Å²) < 4.78 is 6.00. The molecule has 0 N–H and O–H groups in total. The molecule has 0 aromatic heterocycles. The summed E-state index contributed by atoms with van der Waals surface area (Å²) in [5.41, 5.74) is 1.16. The Morgan fingerprint density at radius 1 is 0.837 bits per heavy atom. The molecule has 0 radical (unpaired) electrons. The fourth-order valence-electron chi connectivity index (χ4n) is 3.71. The van der Waals surface area contributed by atoms with Crippen molar-refractivity contribution in [3.05, 3.63) is 115 Å². The molecule has 1 aliphatic heterocycles. The molecule has 3 aromatic carbocycles. The molecule has 1 unspecified atom stereocenters. The van der Waals surface area contributed by atoms with Crippen LogP contribution in [0.5, 0.6) is 0 Å². The van der Waals surface area contributed by atoms with Crippen LogP contribution in [0.2, 0.25) is 0 Å². The van der Waals surface area contributed by atoms with Crippen LogP contribution in [0, 0.1) is 5.92 Å². The number of halogens is 2. The first kappa shape index (κ1) is 42.6. The third-order valence-electron chi connectivity index (χ3n) is 5.44. The minimum Gasteiger partial charge on any atom is -0.214 e. The van der Waals surface area contributed by atoms with Gasteiger partial charge in [-0.25, -0.2) is 17.1 Å². The molecule has 0 saturated heterocycles. The summed E-state index contributed by atoms with van der Waals surface area (Å²) in [6, 6.07) is 31.9. The van der Waals surface area contributed by atoms with Crippen molar-refractivity contribution < 1.29 is 37.0 Å². The van der Waals surface area contributed by atoms with Gasteiger partial charge in [0.15, 0.2) is 0 Å². The summed E-state index contributed by atoms with van der Waals surface area (Å²) in [4.78, 5) is 4.87. The summed E-state index contributed by atoms with van der Waals surface area (Å²) in [5, 5.41) is 4.13. The van der Waals surface area contributed by atoms with Gasteiger partial charge in [0, 0.05) is 62.6 Å². The molecule has 1 atom stereocenters. The number of hydrogen-bond acceptors (Lipinski definition) is 2. The Bertz CT molecular complexity index is 1160. The number of allylic oxidation sites excluding steroid dienone is 3. The van der Waals surface area contributed by atoms with E-state index >= 15 is 0 Å². The van der Waals surface area contributed by atoms with E-state index in [4.69, 9.17) is 29.1 Å². The first-order chi connectivity index (χ1) is 20.1. The third kappa shape index (κ3) is 18.4. The van der Waals surface area contributed by atoms with E-state index in [9.17, 15) is 0 Å². The molecule has 240 valence electrons. The van der Waals surface area contributed by atoms with E-state index in [2.05, 4.69) is 133 Å². The third-order valence-corrected chi connectivity index (χ3v) is 8.24. The number of ether oxygens (including phenoxy) is 1. The second kappa shape index (κ2) is 25.8. The Morgan fingerprint density at radius 3 is 1.63 bits per heavy atom. The van der Waals surface area contributed by atoms with Crippen LogP contribution < -0.4 is 10.6 Å². The van der Waals surface area contributed by atoms with Gasteiger partial charge in [0.1, 0.15) is 6.61 Å². The van der Waals surface area contributed by atoms with Crippen LogP contribution in [0.4, 0.5) is 0 Å². The molecule has 1 aliphatic carbocycles. The van der Waals surface area contributed by atoms with Crippen molar-refractivity contribution in [1.82, 2.24) is 0 Å². The fraction of sp³-hybridized carbons (Fsp3) is 0.324. The molecule has 43 heavy (non-hydrogen) atoms. The molecule has 0 amide bonds. The predicted octanol–water partition coefficient (Wildman–Crippen LogP) is 8.93. The summed E-state index contributed by atoms with van der Waals surface area (Å²) in [5.74, 6) is 1.32. The van der Waals surface area contributed by atoms with Crippen LogP contribution in [0.3, 0.4) is 0 Å². The average Bonchev–Trinajstić information content (AvgIpc) is 3.74. The molecule has 0 spiro atoms. The van der Waals surface area contributed by atoms with E-state index in [-0.39, 0.29) is 54.1 Å². The smallest absolute Gasteiger partial charge is 0 e. The Morgan fingerprint density at radius 2 is 1.28 bits per heavy atom. The average molecular weight is 809 g/mol. The Kier molecular flexibility index (Phi) is 25.5. The Labute approximate surface area is 291 Å². The van der Waals surface area contributed by atoms with Crippen molar-refractivity contribution in [2.75, 3.05) is 46.6 Å². The number of benzene rings is 2. The second-order valence-electron chi connectivity index (χ2n) is 11.0. The maximum Gasteiger partial charge on any atom is 0 e. The van der Waals surface area contributed by atoms with Gasteiger partial charge in [-0.2, -0.15) is 18.2 Å². The molecule has 0 fully saturated rings. The maximum absolute atomic E-state index is 6.00.